The summed E-state index contributed by atoms with van der Waals surface area (Å²) >= 11 is 1.55. The lowest BCUT2D eigenvalue weighted by atomic mass is 9.96. The van der Waals surface area contributed by atoms with Crippen molar-refractivity contribution in [3.8, 4) is 0 Å². The Morgan fingerprint density at radius 2 is 1.87 bits per heavy atom. The van der Waals surface area contributed by atoms with Crippen LogP contribution in [0.15, 0.2) is 34.6 Å². The Hall–Kier alpha value is -1.80. The van der Waals surface area contributed by atoms with Gasteiger partial charge in [0.05, 0.1) is 18.0 Å². The maximum Gasteiger partial charge on any atom is 0.416 e. The molecule has 1 N–H and O–H groups in total. The monoisotopic (exact) mass is 461 g/mol. The summed E-state index contributed by atoms with van der Waals surface area (Å²) < 4.78 is 40.1. The van der Waals surface area contributed by atoms with Crippen molar-refractivity contribution in [1.82, 2.24) is 4.57 Å². The third-order valence-electron chi connectivity index (χ3n) is 5.03. The molecule has 1 heterocycles. The van der Waals surface area contributed by atoms with Crippen LogP contribution in [-0.2, 0) is 23.9 Å². The first kappa shape index (κ1) is 24.5. The van der Waals surface area contributed by atoms with Crippen molar-refractivity contribution < 1.29 is 18.0 Å². The number of hydrogen-bond donors (Lipinski definition) is 1. The van der Waals surface area contributed by atoms with Crippen molar-refractivity contribution in [2.45, 2.75) is 70.6 Å². The van der Waals surface area contributed by atoms with E-state index >= 15 is 0 Å². The largest absolute Gasteiger partial charge is 0.416 e. The summed E-state index contributed by atoms with van der Waals surface area (Å²) in [5.41, 5.74) is 0.506. The number of nitrogens with one attached hydrogen (secondary N) is 1. The third kappa shape index (κ3) is 6.60. The number of carbonyl (C=O) groups is 1. The highest BCUT2D eigenvalue weighted by Gasteiger charge is 2.30. The van der Waals surface area contributed by atoms with E-state index in [1.54, 1.807) is 11.3 Å². The van der Waals surface area contributed by atoms with Crippen LogP contribution in [0.5, 0.6) is 0 Å². The van der Waals surface area contributed by atoms with E-state index in [1.165, 1.54) is 31.4 Å². The number of alkyl halides is 3. The second-order valence-electron chi connectivity index (χ2n) is 7.38. The van der Waals surface area contributed by atoms with Crippen LogP contribution in [0.1, 0.15) is 56.7 Å². The lowest BCUT2D eigenvalue weighted by Crippen LogP contribution is -2.24. The molecule has 0 aliphatic heterocycles. The summed E-state index contributed by atoms with van der Waals surface area (Å²) in [7, 11) is 0. The molecule has 0 atom stereocenters. The van der Waals surface area contributed by atoms with Gasteiger partial charge in [0, 0.05) is 23.3 Å². The summed E-state index contributed by atoms with van der Waals surface area (Å²) in [5.74, 6) is -0.253. The maximum absolute atomic E-state index is 12.7. The number of anilines is 1. The average Bonchev–Trinajstić information content (AvgIpc) is 3.04. The SMILES string of the molecule is CCCn1c(CC(=O)Nc2ccc(C(F)(F)F)cc2)csc1=NC1CCCCC1.Cl. The van der Waals surface area contributed by atoms with E-state index in [4.69, 9.17) is 4.99 Å². The van der Waals surface area contributed by atoms with Gasteiger partial charge in [-0.1, -0.05) is 26.2 Å². The lowest BCUT2D eigenvalue weighted by molar-refractivity contribution is -0.137. The van der Waals surface area contributed by atoms with Gasteiger partial charge >= 0.3 is 6.18 Å². The zero-order valence-electron chi connectivity index (χ0n) is 16.9. The van der Waals surface area contributed by atoms with Crippen molar-refractivity contribution >= 4 is 35.3 Å². The number of aromatic nitrogens is 1. The Balaban J connectivity index is 0.00000320. The van der Waals surface area contributed by atoms with Gasteiger partial charge in [0.15, 0.2) is 4.80 Å². The number of hydrogen-bond acceptors (Lipinski definition) is 3. The molecule has 9 heteroatoms. The van der Waals surface area contributed by atoms with Crippen LogP contribution in [0.25, 0.3) is 0 Å². The van der Waals surface area contributed by atoms with Gasteiger partial charge in [0.1, 0.15) is 0 Å². The van der Waals surface area contributed by atoms with Gasteiger partial charge in [-0.15, -0.1) is 23.7 Å². The fraction of sp³-hybridized carbons (Fsp3) is 0.524. The first-order valence-corrected chi connectivity index (χ1v) is 10.9. The average molecular weight is 462 g/mol. The molecule has 1 aromatic carbocycles. The van der Waals surface area contributed by atoms with Crippen molar-refractivity contribution in [1.29, 1.82) is 0 Å². The number of rotatable bonds is 6. The molecule has 4 nitrogen and oxygen atoms in total. The Kier molecular flexibility index (Phi) is 8.97. The van der Waals surface area contributed by atoms with Crippen molar-refractivity contribution in [3.63, 3.8) is 0 Å². The fourth-order valence-corrected chi connectivity index (χ4v) is 4.55. The van der Waals surface area contributed by atoms with Crippen LogP contribution in [0, 0.1) is 0 Å². The van der Waals surface area contributed by atoms with E-state index in [0.717, 1.165) is 48.4 Å². The van der Waals surface area contributed by atoms with E-state index in [0.29, 0.717) is 11.7 Å². The number of amides is 1. The van der Waals surface area contributed by atoms with Crippen LogP contribution in [0.2, 0.25) is 0 Å². The number of thiazole rings is 1. The van der Waals surface area contributed by atoms with Gasteiger partial charge in [-0.25, -0.2) is 0 Å². The zero-order valence-corrected chi connectivity index (χ0v) is 18.5. The minimum Gasteiger partial charge on any atom is -0.326 e. The highest BCUT2D eigenvalue weighted by Crippen LogP contribution is 2.29. The smallest absolute Gasteiger partial charge is 0.326 e. The first-order chi connectivity index (χ1) is 13.9. The second kappa shape index (κ2) is 11.0. The van der Waals surface area contributed by atoms with Gasteiger partial charge in [0.25, 0.3) is 0 Å². The standard InChI is InChI=1S/C21H26F3N3OS.ClH/c1-2-12-27-18(14-29-20(27)26-16-6-4-3-5-7-16)13-19(28)25-17-10-8-15(9-11-17)21(22,23)24;/h8-11,14,16H,2-7,12-13H2,1H3,(H,25,28);1H. The number of nitrogens with zero attached hydrogens (tertiary/aromatic N) is 2. The Labute approximate surface area is 184 Å². The molecule has 1 amide bonds. The van der Waals surface area contributed by atoms with Crippen LogP contribution in [-0.4, -0.2) is 16.5 Å². The van der Waals surface area contributed by atoms with Gasteiger partial charge in [-0.05, 0) is 43.5 Å². The topological polar surface area (TPSA) is 46.4 Å². The molecule has 0 bridgehead atoms. The van der Waals surface area contributed by atoms with E-state index in [9.17, 15) is 18.0 Å². The van der Waals surface area contributed by atoms with E-state index in [2.05, 4.69) is 16.8 Å². The number of carbonyl (C=O) groups excluding carboxylic acids is 1. The van der Waals surface area contributed by atoms with Crippen molar-refractivity contribution in [3.05, 3.63) is 45.7 Å². The molecule has 1 aliphatic rings. The lowest BCUT2D eigenvalue weighted by Gasteiger charge is -2.17. The third-order valence-corrected chi connectivity index (χ3v) is 5.96. The quantitative estimate of drug-likeness (QED) is 0.579. The molecular formula is C21H27ClF3N3OS. The number of benzene rings is 1. The minimum atomic E-state index is -4.39. The van der Waals surface area contributed by atoms with E-state index in [-0.39, 0.29) is 24.7 Å². The van der Waals surface area contributed by atoms with Gasteiger partial charge in [-0.3, -0.25) is 9.79 Å². The minimum absolute atomic E-state index is 0. The predicted octanol–water partition coefficient (Wildman–Crippen LogP) is 5.81. The molecule has 3 rings (SSSR count). The Morgan fingerprint density at radius 3 is 2.47 bits per heavy atom. The fourth-order valence-electron chi connectivity index (χ4n) is 3.55. The molecule has 2 aromatic rings. The highest BCUT2D eigenvalue weighted by molar-refractivity contribution is 7.07. The first-order valence-electron chi connectivity index (χ1n) is 10.0. The van der Waals surface area contributed by atoms with Gasteiger partial charge < -0.3 is 9.88 Å². The number of halogens is 4. The zero-order chi connectivity index (χ0) is 20.9. The van der Waals surface area contributed by atoms with E-state index in [1.807, 2.05) is 5.38 Å². The van der Waals surface area contributed by atoms with Gasteiger partial charge in [-0.2, -0.15) is 13.2 Å². The molecular weight excluding hydrogens is 435 g/mol. The summed E-state index contributed by atoms with van der Waals surface area (Å²) in [6.07, 6.45) is 2.66. The van der Waals surface area contributed by atoms with Gasteiger partial charge in [0.2, 0.25) is 5.91 Å². The Morgan fingerprint density at radius 1 is 1.20 bits per heavy atom. The van der Waals surface area contributed by atoms with Crippen LogP contribution >= 0.6 is 23.7 Å². The molecule has 0 unspecified atom stereocenters. The molecule has 0 spiro atoms. The molecule has 0 saturated heterocycles. The molecule has 1 fully saturated rings. The summed E-state index contributed by atoms with van der Waals surface area (Å²) in [6, 6.07) is 4.85. The summed E-state index contributed by atoms with van der Waals surface area (Å²) in [4.78, 5) is 18.3. The normalized spacial score (nSPS) is 15.7. The Bertz CT molecular complexity index is 884. The highest BCUT2D eigenvalue weighted by atomic mass is 35.5. The van der Waals surface area contributed by atoms with E-state index < -0.39 is 11.7 Å². The molecule has 30 heavy (non-hydrogen) atoms. The van der Waals surface area contributed by atoms with Crippen LogP contribution in [0.4, 0.5) is 18.9 Å². The summed E-state index contributed by atoms with van der Waals surface area (Å²) in [6.45, 7) is 2.87. The molecule has 1 aromatic heterocycles. The molecule has 0 radical (unpaired) electrons. The molecule has 1 saturated carbocycles. The van der Waals surface area contributed by atoms with Crippen LogP contribution < -0.4 is 10.1 Å². The predicted molar refractivity (Wildman–Crippen MR) is 116 cm³/mol. The summed E-state index contributed by atoms with van der Waals surface area (Å²) in [5, 5.41) is 4.65. The van der Waals surface area contributed by atoms with Crippen LogP contribution in [0.3, 0.4) is 0 Å². The maximum atomic E-state index is 12.7. The molecule has 166 valence electrons. The van der Waals surface area contributed by atoms with Crippen molar-refractivity contribution in [2.24, 2.45) is 4.99 Å². The molecule has 1 aliphatic carbocycles. The second-order valence-corrected chi connectivity index (χ2v) is 8.22. The van der Waals surface area contributed by atoms with Crippen molar-refractivity contribution in [2.75, 3.05) is 5.32 Å².